The summed E-state index contributed by atoms with van der Waals surface area (Å²) >= 11 is 0. The topological polar surface area (TPSA) is 79.1 Å². The molecule has 4 aromatic rings. The van der Waals surface area contributed by atoms with Gasteiger partial charge in [0.15, 0.2) is 0 Å². The summed E-state index contributed by atoms with van der Waals surface area (Å²) in [4.78, 5) is 2.14. The normalized spacial score (nSPS) is 12.6. The predicted molar refractivity (Wildman–Crippen MR) is 200 cm³/mol. The Balaban J connectivity index is 1.61. The zero-order valence-corrected chi connectivity index (χ0v) is 29.5. The van der Waals surface area contributed by atoms with Gasteiger partial charge in [-0.05, 0) is 89.9 Å². The number of hydrogen-bond donors (Lipinski definition) is 1. The van der Waals surface area contributed by atoms with Crippen LogP contribution in [0, 0.1) is 0 Å². The van der Waals surface area contributed by atoms with Gasteiger partial charge in [0.2, 0.25) is 11.4 Å². The molecule has 0 heterocycles. The Bertz CT molecular complexity index is 1940. The lowest BCUT2D eigenvalue weighted by atomic mass is 9.90. The summed E-state index contributed by atoms with van der Waals surface area (Å²) in [6.45, 7) is 6.03. The van der Waals surface area contributed by atoms with E-state index in [0.29, 0.717) is 11.1 Å². The monoisotopic (exact) mass is 677 g/mol. The fourth-order valence-corrected chi connectivity index (χ4v) is 6.66. The third-order valence-corrected chi connectivity index (χ3v) is 9.52. The molecule has 4 aromatic carbocycles. The summed E-state index contributed by atoms with van der Waals surface area (Å²) in [6.07, 6.45) is 12.3. The first-order valence-corrected chi connectivity index (χ1v) is 18.2. The Morgan fingerprint density at radius 3 is 1.82 bits per heavy atom. The molecule has 0 saturated heterocycles. The third kappa shape index (κ3) is 8.57. The molecule has 0 amide bonds. The average molecular weight is 678 g/mol. The molecular formula is C41H45N2O5S+. The molecule has 5 rings (SSSR count). The number of allylic oxidation sites excluding steroid dienone is 5. The third-order valence-electron chi connectivity index (χ3n) is 8.61. The molecule has 0 unspecified atom stereocenters. The maximum absolute atomic E-state index is 12.6. The molecule has 49 heavy (non-hydrogen) atoms. The second-order valence-electron chi connectivity index (χ2n) is 11.8. The SMILES string of the molecule is CCCCN(c1ccc(OC)cc1)c1ccc(C(=C2C=CC(=[N+](CCCC)c3ccc(OC)cc3)C=C2)c2ccccc2S(=O)(=O)O)cc1. The molecule has 0 aliphatic heterocycles. The maximum atomic E-state index is 12.6. The van der Waals surface area contributed by atoms with Crippen LogP contribution in [0.4, 0.5) is 17.1 Å². The van der Waals surface area contributed by atoms with Crippen LogP contribution in [0.3, 0.4) is 0 Å². The van der Waals surface area contributed by atoms with Crippen LogP contribution in [0.5, 0.6) is 11.5 Å². The van der Waals surface area contributed by atoms with E-state index in [9.17, 15) is 13.0 Å². The summed E-state index contributed by atoms with van der Waals surface area (Å²) in [6, 6.07) is 30.8. The molecule has 0 radical (unpaired) electrons. The van der Waals surface area contributed by atoms with Crippen LogP contribution in [-0.4, -0.2) is 50.6 Å². The Kier molecular flexibility index (Phi) is 11.9. The molecule has 0 bridgehead atoms. The molecule has 0 aromatic heterocycles. The zero-order valence-electron chi connectivity index (χ0n) is 28.7. The molecule has 0 spiro atoms. The first-order valence-electron chi connectivity index (χ1n) is 16.7. The Morgan fingerprint density at radius 2 is 1.27 bits per heavy atom. The van der Waals surface area contributed by atoms with Crippen molar-refractivity contribution in [3.05, 3.63) is 138 Å². The minimum Gasteiger partial charge on any atom is -0.497 e. The van der Waals surface area contributed by atoms with Crippen molar-refractivity contribution in [3.8, 4) is 11.5 Å². The molecule has 254 valence electrons. The number of hydrogen-bond acceptors (Lipinski definition) is 5. The van der Waals surface area contributed by atoms with Gasteiger partial charge in [-0.15, -0.1) is 0 Å². The van der Waals surface area contributed by atoms with Gasteiger partial charge in [-0.2, -0.15) is 13.0 Å². The zero-order chi connectivity index (χ0) is 34.8. The highest BCUT2D eigenvalue weighted by Crippen LogP contribution is 2.36. The van der Waals surface area contributed by atoms with E-state index in [1.54, 1.807) is 32.4 Å². The lowest BCUT2D eigenvalue weighted by Crippen LogP contribution is -2.18. The van der Waals surface area contributed by atoms with Crippen molar-refractivity contribution in [1.29, 1.82) is 0 Å². The minimum atomic E-state index is -4.50. The van der Waals surface area contributed by atoms with E-state index in [-0.39, 0.29) is 4.90 Å². The van der Waals surface area contributed by atoms with Crippen LogP contribution in [0.15, 0.2) is 132 Å². The summed E-state index contributed by atoms with van der Waals surface area (Å²) in [7, 11) is -1.18. The number of anilines is 2. The van der Waals surface area contributed by atoms with Crippen LogP contribution in [0.2, 0.25) is 0 Å². The molecule has 8 heteroatoms. The van der Waals surface area contributed by atoms with E-state index in [0.717, 1.165) is 84.2 Å². The fourth-order valence-electron chi connectivity index (χ4n) is 5.96. The van der Waals surface area contributed by atoms with Gasteiger partial charge in [-0.1, -0.05) is 57.0 Å². The Morgan fingerprint density at radius 1 is 0.714 bits per heavy atom. The van der Waals surface area contributed by atoms with Crippen LogP contribution in [0.25, 0.3) is 5.57 Å². The Hall–Kier alpha value is -4.92. The average Bonchev–Trinajstić information content (AvgIpc) is 3.13. The number of ether oxygens (including phenoxy) is 2. The molecular weight excluding hydrogens is 633 g/mol. The van der Waals surface area contributed by atoms with E-state index < -0.39 is 10.1 Å². The van der Waals surface area contributed by atoms with Crippen molar-refractivity contribution >= 4 is 38.5 Å². The van der Waals surface area contributed by atoms with Crippen molar-refractivity contribution < 1.29 is 27.0 Å². The maximum Gasteiger partial charge on any atom is 0.295 e. The van der Waals surface area contributed by atoms with Crippen molar-refractivity contribution in [2.45, 2.75) is 44.4 Å². The largest absolute Gasteiger partial charge is 0.497 e. The molecule has 0 fully saturated rings. The molecule has 0 saturated carbocycles. The van der Waals surface area contributed by atoms with E-state index >= 15 is 0 Å². The minimum absolute atomic E-state index is 0.135. The first-order chi connectivity index (χ1) is 23.8. The lowest BCUT2D eigenvalue weighted by Gasteiger charge is -2.26. The summed E-state index contributed by atoms with van der Waals surface area (Å²) < 4.78 is 48.5. The highest BCUT2D eigenvalue weighted by Gasteiger charge is 2.23. The highest BCUT2D eigenvalue weighted by molar-refractivity contribution is 7.86. The highest BCUT2D eigenvalue weighted by atomic mass is 32.2. The number of benzene rings is 4. The second kappa shape index (κ2) is 16.5. The Labute approximate surface area is 290 Å². The second-order valence-corrected chi connectivity index (χ2v) is 13.2. The summed E-state index contributed by atoms with van der Waals surface area (Å²) in [5, 5.41) is 0. The first kappa shape index (κ1) is 35.4. The number of nitrogens with zero attached hydrogens (tertiary/aromatic N) is 2. The standard InChI is InChI=1S/C41H44N2O5S/c1-5-7-29-42(35-21-25-37(47-3)26-22-35)33-17-13-31(14-18-33)41(39-11-9-10-12-40(39)49(44,45)46)32-15-19-34(20-16-32)43(30-8-6-2)36-23-27-38(48-4)28-24-36/h9-28H,5-8,29-30H2,1-4H3/p+1. The molecule has 1 N–H and O–H groups in total. The van der Waals surface area contributed by atoms with Gasteiger partial charge in [-0.25, -0.2) is 0 Å². The van der Waals surface area contributed by atoms with Crippen LogP contribution >= 0.6 is 0 Å². The van der Waals surface area contributed by atoms with Gasteiger partial charge in [0, 0.05) is 54.2 Å². The van der Waals surface area contributed by atoms with Gasteiger partial charge < -0.3 is 14.4 Å². The van der Waals surface area contributed by atoms with Gasteiger partial charge in [0.05, 0.1) is 14.2 Å². The van der Waals surface area contributed by atoms with E-state index in [2.05, 4.69) is 71.9 Å². The quantitative estimate of drug-likeness (QED) is 0.106. The molecule has 7 nitrogen and oxygen atoms in total. The van der Waals surface area contributed by atoms with Crippen molar-refractivity contribution in [2.75, 3.05) is 32.2 Å². The van der Waals surface area contributed by atoms with Crippen LogP contribution < -0.4 is 14.4 Å². The fraction of sp³-hybridized carbons (Fsp3) is 0.244. The van der Waals surface area contributed by atoms with Crippen LogP contribution in [-0.2, 0) is 10.1 Å². The smallest absolute Gasteiger partial charge is 0.295 e. The molecule has 0 atom stereocenters. The number of rotatable bonds is 14. The van der Waals surface area contributed by atoms with E-state index in [4.69, 9.17) is 9.47 Å². The van der Waals surface area contributed by atoms with Crippen LogP contribution in [0.1, 0.15) is 50.7 Å². The molecule has 1 aliphatic rings. The summed E-state index contributed by atoms with van der Waals surface area (Å²) in [5.41, 5.74) is 6.96. The van der Waals surface area contributed by atoms with E-state index in [1.807, 2.05) is 48.6 Å². The lowest BCUT2D eigenvalue weighted by molar-refractivity contribution is -0.439. The van der Waals surface area contributed by atoms with Gasteiger partial charge in [0.1, 0.15) is 22.9 Å². The number of methoxy groups -OCH3 is 2. The van der Waals surface area contributed by atoms with Crippen molar-refractivity contribution in [2.24, 2.45) is 0 Å². The van der Waals surface area contributed by atoms with Gasteiger partial charge >= 0.3 is 0 Å². The van der Waals surface area contributed by atoms with Crippen molar-refractivity contribution in [1.82, 2.24) is 0 Å². The number of unbranched alkanes of at least 4 members (excludes halogenated alkanes) is 2. The van der Waals surface area contributed by atoms with Gasteiger partial charge in [-0.3, -0.25) is 4.55 Å². The van der Waals surface area contributed by atoms with Gasteiger partial charge in [0.25, 0.3) is 10.1 Å². The van der Waals surface area contributed by atoms with E-state index in [1.165, 1.54) is 6.07 Å². The molecule has 1 aliphatic carbocycles. The predicted octanol–water partition coefficient (Wildman–Crippen LogP) is 9.40. The summed E-state index contributed by atoms with van der Waals surface area (Å²) in [5.74, 6) is 1.60. The van der Waals surface area contributed by atoms with Crippen molar-refractivity contribution in [3.63, 3.8) is 0 Å².